The van der Waals surface area contributed by atoms with Gasteiger partial charge in [0, 0.05) is 11.7 Å². The summed E-state index contributed by atoms with van der Waals surface area (Å²) in [5, 5.41) is 3.87. The van der Waals surface area contributed by atoms with E-state index in [1.807, 2.05) is 18.2 Å². The van der Waals surface area contributed by atoms with Crippen molar-refractivity contribution in [3.8, 4) is 0 Å². The molecule has 0 unspecified atom stereocenters. The number of carbonyl (C=O) groups is 1. The highest BCUT2D eigenvalue weighted by atomic mass is 32.2. The monoisotopic (exact) mass is 411 g/mol. The average molecular weight is 412 g/mol. The molecule has 2 aromatic carbocycles. The molecule has 0 spiro atoms. The summed E-state index contributed by atoms with van der Waals surface area (Å²) in [5.74, 6) is -0.534. The summed E-state index contributed by atoms with van der Waals surface area (Å²) in [5.41, 5.74) is 1.53. The first-order valence-electron chi connectivity index (χ1n) is 9.73. The first-order chi connectivity index (χ1) is 14.0. The zero-order chi connectivity index (χ0) is 20.4. The van der Waals surface area contributed by atoms with Gasteiger partial charge in [0.05, 0.1) is 16.7 Å². The molecule has 150 valence electrons. The van der Waals surface area contributed by atoms with Crippen LogP contribution in [0.4, 0.5) is 10.1 Å². The van der Waals surface area contributed by atoms with Gasteiger partial charge >= 0.3 is 0 Å². The molecule has 1 N–H and O–H groups in total. The van der Waals surface area contributed by atoms with Gasteiger partial charge in [0.15, 0.2) is 5.16 Å². The molecular formula is C22H22FN3O2S. The summed E-state index contributed by atoms with van der Waals surface area (Å²) in [4.78, 5) is 30.2. The number of aryl methyl sites for hydroxylation is 1. The second-order valence-corrected chi connectivity index (χ2v) is 8.27. The van der Waals surface area contributed by atoms with Crippen LogP contribution >= 0.6 is 11.8 Å². The smallest absolute Gasteiger partial charge is 0.262 e. The number of fused-ring (bicyclic) bond motifs is 1. The standard InChI is InChI=1S/C22H22FN3O2S/c1-14-10-11-15(12-18(14)23)24-20(27)13-29-22-25-19-9-5-4-8-17(19)21(28)26(22)16-6-2-3-7-16/h4-5,8-12,16H,2-3,6-7,13H2,1H3,(H,24,27). The fourth-order valence-electron chi connectivity index (χ4n) is 3.71. The number of amides is 1. The van der Waals surface area contributed by atoms with Crippen molar-refractivity contribution in [3.63, 3.8) is 0 Å². The number of thioether (sulfide) groups is 1. The fraction of sp³-hybridized carbons (Fsp3) is 0.318. The van der Waals surface area contributed by atoms with E-state index in [-0.39, 0.29) is 29.1 Å². The van der Waals surface area contributed by atoms with Gasteiger partial charge < -0.3 is 5.32 Å². The van der Waals surface area contributed by atoms with Crippen LogP contribution in [0.5, 0.6) is 0 Å². The third-order valence-corrected chi connectivity index (χ3v) is 6.21. The SMILES string of the molecule is Cc1ccc(NC(=O)CSc2nc3ccccc3c(=O)n2C2CCCC2)cc1F. The minimum Gasteiger partial charge on any atom is -0.325 e. The van der Waals surface area contributed by atoms with Crippen molar-refractivity contribution in [2.45, 2.75) is 43.8 Å². The highest BCUT2D eigenvalue weighted by Crippen LogP contribution is 2.32. The van der Waals surface area contributed by atoms with Gasteiger partial charge in [-0.3, -0.25) is 14.2 Å². The van der Waals surface area contributed by atoms with Gasteiger partial charge in [-0.05, 0) is 49.6 Å². The second-order valence-electron chi connectivity index (χ2n) is 7.33. The van der Waals surface area contributed by atoms with E-state index in [1.54, 1.807) is 29.7 Å². The number of para-hydroxylation sites is 1. The molecule has 1 heterocycles. The van der Waals surface area contributed by atoms with Crippen LogP contribution in [0.25, 0.3) is 10.9 Å². The lowest BCUT2D eigenvalue weighted by Crippen LogP contribution is -2.27. The number of aromatic nitrogens is 2. The number of nitrogens with one attached hydrogen (secondary N) is 1. The Morgan fingerprint density at radius 3 is 2.76 bits per heavy atom. The molecule has 4 rings (SSSR count). The van der Waals surface area contributed by atoms with E-state index in [4.69, 9.17) is 0 Å². The second kappa shape index (κ2) is 8.37. The molecule has 0 saturated heterocycles. The molecule has 1 saturated carbocycles. The predicted octanol–water partition coefficient (Wildman–Crippen LogP) is 4.69. The summed E-state index contributed by atoms with van der Waals surface area (Å²) in [7, 11) is 0. The van der Waals surface area contributed by atoms with Crippen LogP contribution in [0.1, 0.15) is 37.3 Å². The van der Waals surface area contributed by atoms with Gasteiger partial charge in [-0.2, -0.15) is 0 Å². The minimum absolute atomic E-state index is 0.0500. The quantitative estimate of drug-likeness (QED) is 0.489. The van der Waals surface area contributed by atoms with Crippen molar-refractivity contribution in [3.05, 3.63) is 64.2 Å². The first-order valence-corrected chi connectivity index (χ1v) is 10.7. The number of benzene rings is 2. The number of rotatable bonds is 5. The Labute approximate surface area is 172 Å². The van der Waals surface area contributed by atoms with Crippen molar-refractivity contribution in [2.24, 2.45) is 0 Å². The Kier molecular flexibility index (Phi) is 5.67. The number of hydrogen-bond acceptors (Lipinski definition) is 4. The summed E-state index contributed by atoms with van der Waals surface area (Å²) in [6.07, 6.45) is 4.08. The van der Waals surface area contributed by atoms with Gasteiger partial charge in [0.1, 0.15) is 5.82 Å². The van der Waals surface area contributed by atoms with Crippen LogP contribution in [-0.4, -0.2) is 21.2 Å². The first kappa shape index (κ1) is 19.6. The third kappa shape index (κ3) is 4.19. The van der Waals surface area contributed by atoms with Crippen molar-refractivity contribution in [1.82, 2.24) is 9.55 Å². The maximum atomic E-state index is 13.7. The number of hydrogen-bond donors (Lipinski definition) is 1. The molecule has 3 aromatic rings. The molecule has 1 aromatic heterocycles. The largest absolute Gasteiger partial charge is 0.325 e. The van der Waals surface area contributed by atoms with E-state index >= 15 is 0 Å². The van der Waals surface area contributed by atoms with Gasteiger partial charge in [-0.15, -0.1) is 0 Å². The lowest BCUT2D eigenvalue weighted by atomic mass is 10.2. The molecule has 0 radical (unpaired) electrons. The molecule has 5 nitrogen and oxygen atoms in total. The van der Waals surface area contributed by atoms with Crippen molar-refractivity contribution < 1.29 is 9.18 Å². The van der Waals surface area contributed by atoms with Crippen LogP contribution in [0.3, 0.4) is 0 Å². The molecule has 1 aliphatic rings. The molecule has 1 fully saturated rings. The molecule has 1 aliphatic carbocycles. The van der Waals surface area contributed by atoms with Crippen LogP contribution in [-0.2, 0) is 4.79 Å². The maximum Gasteiger partial charge on any atom is 0.262 e. The summed E-state index contributed by atoms with van der Waals surface area (Å²) < 4.78 is 15.5. The average Bonchev–Trinajstić information content (AvgIpc) is 3.23. The topological polar surface area (TPSA) is 64.0 Å². The summed E-state index contributed by atoms with van der Waals surface area (Å²) >= 11 is 1.24. The van der Waals surface area contributed by atoms with Gasteiger partial charge in [0.2, 0.25) is 5.91 Å². The van der Waals surface area contributed by atoms with Crippen LogP contribution in [0, 0.1) is 12.7 Å². The molecular weight excluding hydrogens is 389 g/mol. The Hall–Kier alpha value is -2.67. The number of halogens is 1. The zero-order valence-corrected chi connectivity index (χ0v) is 17.0. The molecule has 7 heteroatoms. The minimum atomic E-state index is -0.360. The van der Waals surface area contributed by atoms with Crippen molar-refractivity contribution in [2.75, 3.05) is 11.1 Å². The predicted molar refractivity (Wildman–Crippen MR) is 114 cm³/mol. The highest BCUT2D eigenvalue weighted by Gasteiger charge is 2.23. The fourth-order valence-corrected chi connectivity index (χ4v) is 4.58. The molecule has 0 bridgehead atoms. The maximum absolute atomic E-state index is 13.7. The molecule has 29 heavy (non-hydrogen) atoms. The Balaban J connectivity index is 1.58. The Morgan fingerprint density at radius 2 is 2.00 bits per heavy atom. The van der Waals surface area contributed by atoms with Crippen LogP contribution in [0.2, 0.25) is 0 Å². The van der Waals surface area contributed by atoms with E-state index in [1.165, 1.54) is 17.8 Å². The molecule has 1 amide bonds. The van der Waals surface area contributed by atoms with Gasteiger partial charge in [0.25, 0.3) is 5.56 Å². The van der Waals surface area contributed by atoms with E-state index in [0.717, 1.165) is 25.7 Å². The Bertz CT molecular complexity index is 1120. The van der Waals surface area contributed by atoms with E-state index in [2.05, 4.69) is 10.3 Å². The van der Waals surface area contributed by atoms with E-state index in [0.29, 0.717) is 27.3 Å². The summed E-state index contributed by atoms with van der Waals surface area (Å²) in [6.45, 7) is 1.67. The lowest BCUT2D eigenvalue weighted by molar-refractivity contribution is -0.113. The number of carbonyl (C=O) groups excluding carboxylic acids is 1. The van der Waals surface area contributed by atoms with Crippen molar-refractivity contribution >= 4 is 34.3 Å². The van der Waals surface area contributed by atoms with Crippen molar-refractivity contribution in [1.29, 1.82) is 0 Å². The highest BCUT2D eigenvalue weighted by molar-refractivity contribution is 7.99. The molecule has 0 aliphatic heterocycles. The van der Waals surface area contributed by atoms with Gasteiger partial charge in [-0.1, -0.05) is 42.8 Å². The number of nitrogens with zero attached hydrogens (tertiary/aromatic N) is 2. The summed E-state index contributed by atoms with van der Waals surface area (Å²) in [6, 6.07) is 12.0. The Morgan fingerprint density at radius 1 is 1.24 bits per heavy atom. The normalized spacial score (nSPS) is 14.4. The third-order valence-electron chi connectivity index (χ3n) is 5.25. The van der Waals surface area contributed by atoms with Crippen LogP contribution < -0.4 is 10.9 Å². The number of anilines is 1. The van der Waals surface area contributed by atoms with Crippen LogP contribution in [0.15, 0.2) is 52.4 Å². The molecule has 0 atom stereocenters. The van der Waals surface area contributed by atoms with E-state index in [9.17, 15) is 14.0 Å². The lowest BCUT2D eigenvalue weighted by Gasteiger charge is -2.18. The van der Waals surface area contributed by atoms with Gasteiger partial charge in [-0.25, -0.2) is 9.37 Å². The van der Waals surface area contributed by atoms with E-state index < -0.39 is 0 Å². The zero-order valence-electron chi connectivity index (χ0n) is 16.2.